The maximum atomic E-state index is 12.3. The highest BCUT2D eigenvalue weighted by molar-refractivity contribution is 7.89. The number of hydrogen-bond acceptors (Lipinski definition) is 3. The summed E-state index contributed by atoms with van der Waals surface area (Å²) in [5.74, 6) is 0.536. The first-order chi connectivity index (χ1) is 8.92. The zero-order valence-corrected chi connectivity index (χ0v) is 12.1. The van der Waals surface area contributed by atoms with E-state index in [1.54, 1.807) is 0 Å². The molecule has 0 radical (unpaired) electrons. The summed E-state index contributed by atoms with van der Waals surface area (Å²) in [5.41, 5.74) is 0.282. The van der Waals surface area contributed by atoms with E-state index in [0.29, 0.717) is 5.92 Å². The van der Waals surface area contributed by atoms with Crippen LogP contribution in [0.5, 0.6) is 0 Å². The molecule has 4 nitrogen and oxygen atoms in total. The van der Waals surface area contributed by atoms with E-state index in [4.69, 9.17) is 16.9 Å². The molecular formula is C13H15ClN2O2S. The molecular weight excluding hydrogens is 284 g/mol. The van der Waals surface area contributed by atoms with E-state index >= 15 is 0 Å². The molecule has 2 atom stereocenters. The van der Waals surface area contributed by atoms with Crippen LogP contribution in [0.3, 0.4) is 0 Å². The number of halogens is 1. The van der Waals surface area contributed by atoms with Gasteiger partial charge in [-0.1, -0.05) is 18.5 Å². The summed E-state index contributed by atoms with van der Waals surface area (Å²) < 4.78 is 27.2. The van der Waals surface area contributed by atoms with Gasteiger partial charge in [0.1, 0.15) is 4.90 Å². The van der Waals surface area contributed by atoms with E-state index in [2.05, 4.69) is 11.6 Å². The lowest BCUT2D eigenvalue weighted by Gasteiger charge is -2.14. The molecule has 2 unspecified atom stereocenters. The molecule has 0 aromatic heterocycles. The third-order valence-corrected chi connectivity index (χ3v) is 5.37. The van der Waals surface area contributed by atoms with Gasteiger partial charge in [-0.05, 0) is 43.4 Å². The fourth-order valence-electron chi connectivity index (χ4n) is 2.38. The average Bonchev–Trinajstić information content (AvgIpc) is 2.74. The summed E-state index contributed by atoms with van der Waals surface area (Å²) >= 11 is 5.92. The number of nitriles is 1. The molecule has 0 aliphatic heterocycles. The predicted molar refractivity (Wildman–Crippen MR) is 73.3 cm³/mol. The minimum absolute atomic E-state index is 0.0206. The highest BCUT2D eigenvalue weighted by Crippen LogP contribution is 2.28. The fraction of sp³-hybridized carbons (Fsp3) is 0.462. The van der Waals surface area contributed by atoms with E-state index < -0.39 is 10.0 Å². The van der Waals surface area contributed by atoms with Crippen LogP contribution in [-0.2, 0) is 10.0 Å². The first-order valence-corrected chi connectivity index (χ1v) is 8.00. The summed E-state index contributed by atoms with van der Waals surface area (Å²) in [7, 11) is -3.66. The van der Waals surface area contributed by atoms with Crippen molar-refractivity contribution in [1.29, 1.82) is 5.26 Å². The van der Waals surface area contributed by atoms with E-state index in [-0.39, 0.29) is 21.5 Å². The number of hydrogen-bond donors (Lipinski definition) is 1. The van der Waals surface area contributed by atoms with Gasteiger partial charge in [0.2, 0.25) is 10.0 Å². The fourth-order valence-corrected chi connectivity index (χ4v) is 4.18. The molecule has 1 aromatic rings. The van der Waals surface area contributed by atoms with Crippen LogP contribution < -0.4 is 4.72 Å². The summed E-state index contributed by atoms with van der Waals surface area (Å²) in [6.07, 6.45) is 2.71. The molecule has 0 bridgehead atoms. The summed E-state index contributed by atoms with van der Waals surface area (Å²) in [6, 6.07) is 6.12. The molecule has 2 rings (SSSR count). The van der Waals surface area contributed by atoms with Gasteiger partial charge in [-0.25, -0.2) is 13.1 Å². The first kappa shape index (κ1) is 14.3. The molecule has 102 valence electrons. The Hall–Kier alpha value is -1.09. The van der Waals surface area contributed by atoms with Gasteiger partial charge in [-0.3, -0.25) is 0 Å². The molecule has 1 aliphatic rings. The van der Waals surface area contributed by atoms with Gasteiger partial charge in [0, 0.05) is 6.04 Å². The Kier molecular flexibility index (Phi) is 4.14. The summed E-state index contributed by atoms with van der Waals surface area (Å²) in [6.45, 7) is 2.11. The van der Waals surface area contributed by atoms with Gasteiger partial charge in [0.15, 0.2) is 0 Å². The lowest BCUT2D eigenvalue weighted by Crippen LogP contribution is -2.33. The molecule has 1 fully saturated rings. The zero-order chi connectivity index (χ0) is 14.0. The number of rotatable bonds is 3. The molecule has 1 aliphatic carbocycles. The topological polar surface area (TPSA) is 70.0 Å². The van der Waals surface area contributed by atoms with Crippen LogP contribution in [0.1, 0.15) is 31.7 Å². The second kappa shape index (κ2) is 5.49. The normalized spacial score (nSPS) is 23.2. The molecule has 1 saturated carbocycles. The Bertz CT molecular complexity index is 622. The van der Waals surface area contributed by atoms with E-state index in [1.807, 2.05) is 6.07 Å². The predicted octanol–water partition coefficient (Wildman–Crippen LogP) is 2.68. The Morgan fingerprint density at radius 3 is 2.74 bits per heavy atom. The summed E-state index contributed by atoms with van der Waals surface area (Å²) in [5, 5.41) is 8.97. The van der Waals surface area contributed by atoms with Crippen LogP contribution in [0.25, 0.3) is 0 Å². The molecule has 0 heterocycles. The van der Waals surface area contributed by atoms with E-state index in [0.717, 1.165) is 19.3 Å². The van der Waals surface area contributed by atoms with Crippen molar-refractivity contribution < 1.29 is 8.42 Å². The van der Waals surface area contributed by atoms with Crippen LogP contribution in [0, 0.1) is 17.2 Å². The summed E-state index contributed by atoms with van der Waals surface area (Å²) in [4.78, 5) is -0.0206. The van der Waals surface area contributed by atoms with Gasteiger partial charge in [0.05, 0.1) is 16.7 Å². The minimum Gasteiger partial charge on any atom is -0.208 e. The largest absolute Gasteiger partial charge is 0.242 e. The molecule has 0 saturated heterocycles. The van der Waals surface area contributed by atoms with Crippen LogP contribution in [0.2, 0.25) is 5.02 Å². The van der Waals surface area contributed by atoms with Gasteiger partial charge < -0.3 is 0 Å². The average molecular weight is 299 g/mol. The third-order valence-electron chi connectivity index (χ3n) is 3.37. The Balaban J connectivity index is 2.27. The van der Waals surface area contributed by atoms with E-state index in [9.17, 15) is 8.42 Å². The number of benzene rings is 1. The molecule has 0 spiro atoms. The molecule has 1 N–H and O–H groups in total. The van der Waals surface area contributed by atoms with Crippen molar-refractivity contribution in [3.8, 4) is 6.07 Å². The standard InChI is InChI=1S/C13H15ClN2O2S/c1-9-2-4-11(6-9)16-19(17,18)13-7-10(8-15)3-5-12(13)14/h3,5,7,9,11,16H,2,4,6H2,1H3. The third kappa shape index (κ3) is 3.27. The van der Waals surface area contributed by atoms with Crippen molar-refractivity contribution in [2.24, 2.45) is 5.92 Å². The molecule has 1 aromatic carbocycles. The number of nitrogens with zero attached hydrogens (tertiary/aromatic N) is 1. The van der Waals surface area contributed by atoms with Crippen molar-refractivity contribution in [3.05, 3.63) is 28.8 Å². The maximum absolute atomic E-state index is 12.3. The first-order valence-electron chi connectivity index (χ1n) is 6.14. The highest BCUT2D eigenvalue weighted by atomic mass is 35.5. The van der Waals surface area contributed by atoms with Gasteiger partial charge >= 0.3 is 0 Å². The van der Waals surface area contributed by atoms with Crippen LogP contribution in [0.15, 0.2) is 23.1 Å². The Morgan fingerprint density at radius 2 is 2.16 bits per heavy atom. The van der Waals surface area contributed by atoms with Gasteiger partial charge in [-0.2, -0.15) is 5.26 Å². The lowest BCUT2D eigenvalue weighted by molar-refractivity contribution is 0.538. The number of nitrogens with one attached hydrogen (secondary N) is 1. The zero-order valence-electron chi connectivity index (χ0n) is 10.6. The maximum Gasteiger partial charge on any atom is 0.242 e. The smallest absolute Gasteiger partial charge is 0.208 e. The highest BCUT2D eigenvalue weighted by Gasteiger charge is 2.27. The van der Waals surface area contributed by atoms with Crippen molar-refractivity contribution in [3.63, 3.8) is 0 Å². The molecule has 19 heavy (non-hydrogen) atoms. The Labute approximate surface area is 118 Å². The SMILES string of the molecule is CC1CCC(NS(=O)(=O)c2cc(C#N)ccc2Cl)C1. The van der Waals surface area contributed by atoms with Crippen molar-refractivity contribution in [1.82, 2.24) is 4.72 Å². The molecule has 0 amide bonds. The minimum atomic E-state index is -3.66. The second-order valence-electron chi connectivity index (χ2n) is 4.99. The molecule has 6 heteroatoms. The van der Waals surface area contributed by atoms with Crippen LogP contribution in [0.4, 0.5) is 0 Å². The van der Waals surface area contributed by atoms with Gasteiger partial charge in [0.25, 0.3) is 0 Å². The van der Waals surface area contributed by atoms with Crippen molar-refractivity contribution >= 4 is 21.6 Å². The van der Waals surface area contributed by atoms with Crippen molar-refractivity contribution in [2.45, 2.75) is 37.1 Å². The van der Waals surface area contributed by atoms with Gasteiger partial charge in [-0.15, -0.1) is 0 Å². The van der Waals surface area contributed by atoms with Crippen LogP contribution >= 0.6 is 11.6 Å². The lowest BCUT2D eigenvalue weighted by atomic mass is 10.1. The van der Waals surface area contributed by atoms with Crippen LogP contribution in [-0.4, -0.2) is 14.5 Å². The van der Waals surface area contributed by atoms with E-state index in [1.165, 1.54) is 18.2 Å². The van der Waals surface area contributed by atoms with Crippen molar-refractivity contribution in [2.75, 3.05) is 0 Å². The Morgan fingerprint density at radius 1 is 1.42 bits per heavy atom. The second-order valence-corrected chi connectivity index (χ2v) is 7.08. The quantitative estimate of drug-likeness (QED) is 0.932. The monoisotopic (exact) mass is 298 g/mol. The number of sulfonamides is 1.